The number of methoxy groups -OCH3 is 1. The van der Waals surface area contributed by atoms with Gasteiger partial charge < -0.3 is 19.7 Å². The molecule has 0 saturated carbocycles. The maximum Gasteiger partial charge on any atom is 0.256 e. The third-order valence-electron chi connectivity index (χ3n) is 5.01. The second-order valence-electron chi connectivity index (χ2n) is 7.62. The van der Waals surface area contributed by atoms with E-state index >= 15 is 0 Å². The van der Waals surface area contributed by atoms with E-state index in [0.717, 1.165) is 24.3 Å². The number of carbonyl (C=O) groups is 1. The summed E-state index contributed by atoms with van der Waals surface area (Å²) in [6, 6.07) is 9.28. The standard InChI is InChI=1S/C22H24N4O3/c1-22(2)14-26(10-11-29-22)15-4-5-19(20(12-15)28-3)25-21(27)16-6-9-24-18-7-8-23-13-17(16)18/h4-9,12-13H,10-11,14H2,1-3H3,(H,25,27). The quantitative estimate of drug-likeness (QED) is 0.732. The lowest BCUT2D eigenvalue weighted by atomic mass is 10.1. The summed E-state index contributed by atoms with van der Waals surface area (Å²) in [5.41, 5.74) is 2.70. The molecule has 29 heavy (non-hydrogen) atoms. The average molecular weight is 392 g/mol. The van der Waals surface area contributed by atoms with Crippen LogP contribution in [0.1, 0.15) is 24.2 Å². The van der Waals surface area contributed by atoms with E-state index in [4.69, 9.17) is 9.47 Å². The molecule has 1 aromatic carbocycles. The molecule has 1 aliphatic rings. The number of carbonyl (C=O) groups excluding carboxylic acids is 1. The molecule has 3 heterocycles. The summed E-state index contributed by atoms with van der Waals surface area (Å²) in [6.07, 6.45) is 4.93. The van der Waals surface area contributed by atoms with E-state index in [9.17, 15) is 4.79 Å². The monoisotopic (exact) mass is 392 g/mol. The molecule has 1 aliphatic heterocycles. The molecule has 0 atom stereocenters. The van der Waals surface area contributed by atoms with Crippen LogP contribution in [0.2, 0.25) is 0 Å². The first kappa shape index (κ1) is 19.1. The molecule has 1 N–H and O–H groups in total. The number of amides is 1. The van der Waals surface area contributed by atoms with Crippen LogP contribution in [0, 0.1) is 0 Å². The predicted octanol–water partition coefficient (Wildman–Crippen LogP) is 3.51. The Labute approximate surface area is 169 Å². The summed E-state index contributed by atoms with van der Waals surface area (Å²) in [5, 5.41) is 3.66. The SMILES string of the molecule is COc1cc(N2CCOC(C)(C)C2)ccc1NC(=O)c1ccnc2ccncc12. The van der Waals surface area contributed by atoms with E-state index < -0.39 is 0 Å². The minimum Gasteiger partial charge on any atom is -0.494 e. The molecule has 150 valence electrons. The van der Waals surface area contributed by atoms with Gasteiger partial charge in [0.15, 0.2) is 0 Å². The average Bonchev–Trinajstić information content (AvgIpc) is 2.72. The lowest BCUT2D eigenvalue weighted by Gasteiger charge is -2.39. The Morgan fingerprint density at radius 3 is 2.90 bits per heavy atom. The number of morpholine rings is 1. The van der Waals surface area contributed by atoms with Gasteiger partial charge in [-0.25, -0.2) is 0 Å². The number of rotatable bonds is 4. The van der Waals surface area contributed by atoms with E-state index in [-0.39, 0.29) is 11.5 Å². The van der Waals surface area contributed by atoms with Gasteiger partial charge in [0.2, 0.25) is 0 Å². The Hall–Kier alpha value is -3.19. The Morgan fingerprint density at radius 1 is 1.24 bits per heavy atom. The molecule has 1 fully saturated rings. The Kier molecular flexibility index (Phi) is 5.07. The molecular weight excluding hydrogens is 368 g/mol. The fourth-order valence-electron chi connectivity index (χ4n) is 3.59. The van der Waals surface area contributed by atoms with Gasteiger partial charge in [-0.1, -0.05) is 0 Å². The number of ether oxygens (including phenoxy) is 2. The first-order valence-electron chi connectivity index (χ1n) is 9.54. The summed E-state index contributed by atoms with van der Waals surface area (Å²) in [7, 11) is 1.60. The number of fused-ring (bicyclic) bond motifs is 1. The summed E-state index contributed by atoms with van der Waals surface area (Å²) in [5.74, 6) is 0.376. The molecule has 1 saturated heterocycles. The van der Waals surface area contributed by atoms with Gasteiger partial charge in [0, 0.05) is 48.8 Å². The van der Waals surface area contributed by atoms with Crippen LogP contribution >= 0.6 is 0 Å². The van der Waals surface area contributed by atoms with Crippen molar-refractivity contribution in [3.63, 3.8) is 0 Å². The van der Waals surface area contributed by atoms with Crippen LogP contribution in [0.15, 0.2) is 48.9 Å². The summed E-state index contributed by atoms with van der Waals surface area (Å²) >= 11 is 0. The van der Waals surface area contributed by atoms with Gasteiger partial charge >= 0.3 is 0 Å². The van der Waals surface area contributed by atoms with Gasteiger partial charge in [0.1, 0.15) is 5.75 Å². The highest BCUT2D eigenvalue weighted by molar-refractivity contribution is 6.12. The van der Waals surface area contributed by atoms with Crippen molar-refractivity contribution in [3.8, 4) is 5.75 Å². The van der Waals surface area contributed by atoms with Crippen molar-refractivity contribution >= 4 is 28.2 Å². The molecule has 4 rings (SSSR count). The summed E-state index contributed by atoms with van der Waals surface area (Å²) < 4.78 is 11.3. The molecule has 0 radical (unpaired) electrons. The maximum absolute atomic E-state index is 12.9. The largest absolute Gasteiger partial charge is 0.494 e. The van der Waals surface area contributed by atoms with Gasteiger partial charge in [-0.2, -0.15) is 0 Å². The number of aromatic nitrogens is 2. The molecular formula is C22H24N4O3. The normalized spacial score (nSPS) is 15.9. The number of nitrogens with one attached hydrogen (secondary N) is 1. The number of benzene rings is 1. The van der Waals surface area contributed by atoms with Crippen LogP contribution in [0.5, 0.6) is 5.75 Å². The molecule has 7 nitrogen and oxygen atoms in total. The number of pyridine rings is 2. The minimum atomic E-state index is -0.232. The van der Waals surface area contributed by atoms with Crippen LogP contribution in [-0.4, -0.2) is 48.3 Å². The van der Waals surface area contributed by atoms with E-state index in [1.807, 2.05) is 18.2 Å². The van der Waals surface area contributed by atoms with Gasteiger partial charge in [0.25, 0.3) is 5.91 Å². The first-order valence-corrected chi connectivity index (χ1v) is 9.54. The Morgan fingerprint density at radius 2 is 2.10 bits per heavy atom. The van der Waals surface area contributed by atoms with Crippen LogP contribution in [-0.2, 0) is 4.74 Å². The van der Waals surface area contributed by atoms with Gasteiger partial charge in [0.05, 0.1) is 36.1 Å². The topological polar surface area (TPSA) is 76.6 Å². The van der Waals surface area contributed by atoms with Crippen molar-refractivity contribution in [1.82, 2.24) is 9.97 Å². The molecule has 0 aliphatic carbocycles. The number of anilines is 2. The highest BCUT2D eigenvalue weighted by atomic mass is 16.5. The first-order chi connectivity index (χ1) is 14.0. The van der Waals surface area contributed by atoms with E-state index in [1.165, 1.54) is 0 Å². The van der Waals surface area contributed by atoms with Gasteiger partial charge in [-0.05, 0) is 38.1 Å². The van der Waals surface area contributed by atoms with Gasteiger partial charge in [-0.15, -0.1) is 0 Å². The Balaban J connectivity index is 1.59. The molecule has 3 aromatic rings. The van der Waals surface area contributed by atoms with Crippen molar-refractivity contribution in [1.29, 1.82) is 0 Å². The summed E-state index contributed by atoms with van der Waals surface area (Å²) in [6.45, 7) is 6.45. The van der Waals surface area contributed by atoms with Crippen molar-refractivity contribution in [2.75, 3.05) is 37.0 Å². The van der Waals surface area contributed by atoms with Crippen molar-refractivity contribution in [3.05, 3.63) is 54.5 Å². The van der Waals surface area contributed by atoms with E-state index in [1.54, 1.807) is 37.8 Å². The third kappa shape index (κ3) is 4.00. The van der Waals surface area contributed by atoms with Gasteiger partial charge in [-0.3, -0.25) is 14.8 Å². The second-order valence-corrected chi connectivity index (χ2v) is 7.62. The molecule has 2 aromatic heterocycles. The van der Waals surface area contributed by atoms with Crippen LogP contribution in [0.4, 0.5) is 11.4 Å². The van der Waals surface area contributed by atoms with Crippen LogP contribution < -0.4 is 15.0 Å². The van der Waals surface area contributed by atoms with Crippen molar-refractivity contribution in [2.45, 2.75) is 19.4 Å². The smallest absolute Gasteiger partial charge is 0.256 e. The van der Waals surface area contributed by atoms with E-state index in [0.29, 0.717) is 29.0 Å². The zero-order valence-corrected chi connectivity index (χ0v) is 16.8. The van der Waals surface area contributed by atoms with Crippen molar-refractivity contribution < 1.29 is 14.3 Å². The molecule has 0 bridgehead atoms. The van der Waals surface area contributed by atoms with Crippen LogP contribution in [0.25, 0.3) is 10.9 Å². The molecule has 0 unspecified atom stereocenters. The second kappa shape index (κ2) is 7.67. The molecule has 7 heteroatoms. The van der Waals surface area contributed by atoms with Crippen molar-refractivity contribution in [2.24, 2.45) is 0 Å². The Bertz CT molecular complexity index is 1050. The maximum atomic E-state index is 12.9. The fraction of sp³-hybridized carbons (Fsp3) is 0.318. The number of hydrogen-bond acceptors (Lipinski definition) is 6. The fourth-order valence-corrected chi connectivity index (χ4v) is 3.59. The highest BCUT2D eigenvalue weighted by Gasteiger charge is 2.27. The lowest BCUT2D eigenvalue weighted by Crippen LogP contribution is -2.48. The zero-order valence-electron chi connectivity index (χ0n) is 16.8. The zero-order chi connectivity index (χ0) is 20.4. The van der Waals surface area contributed by atoms with E-state index in [2.05, 4.69) is 34.0 Å². The molecule has 0 spiro atoms. The highest BCUT2D eigenvalue weighted by Crippen LogP contribution is 2.32. The van der Waals surface area contributed by atoms with Crippen LogP contribution in [0.3, 0.4) is 0 Å². The lowest BCUT2D eigenvalue weighted by molar-refractivity contribution is -0.0277. The minimum absolute atomic E-state index is 0.200. The summed E-state index contributed by atoms with van der Waals surface area (Å²) in [4.78, 5) is 23.6. The number of hydrogen-bond donors (Lipinski definition) is 1. The third-order valence-corrected chi connectivity index (χ3v) is 5.01. The predicted molar refractivity (Wildman–Crippen MR) is 113 cm³/mol. The number of nitrogens with zero attached hydrogens (tertiary/aromatic N) is 3. The molecule has 1 amide bonds.